The van der Waals surface area contributed by atoms with E-state index < -0.39 is 17.6 Å². The van der Waals surface area contributed by atoms with Gasteiger partial charge in [-0.2, -0.15) is 18.3 Å². The van der Waals surface area contributed by atoms with Crippen LogP contribution in [-0.2, 0) is 11.6 Å². The molecule has 32 heavy (non-hydrogen) atoms. The number of carbonyl (C=O) groups excluding carboxylic acids is 1. The van der Waals surface area contributed by atoms with E-state index in [9.17, 15) is 18.0 Å². The molecule has 2 aliphatic carbocycles. The topological polar surface area (TPSA) is 46.9 Å². The second-order valence-electron chi connectivity index (χ2n) is 9.54. The highest BCUT2D eigenvalue weighted by molar-refractivity contribution is 6.04. The number of rotatable bonds is 3. The molecule has 0 unspecified atom stereocenters. The number of hydrogen-bond acceptors (Lipinski definition) is 2. The zero-order valence-electron chi connectivity index (χ0n) is 18.1. The largest absolute Gasteiger partial charge is 0.416 e. The van der Waals surface area contributed by atoms with Crippen LogP contribution in [0.5, 0.6) is 0 Å². The fourth-order valence-corrected chi connectivity index (χ4v) is 5.61. The monoisotopic (exact) mass is 439 g/mol. The Kier molecular flexibility index (Phi) is 4.36. The minimum Gasteiger partial charge on any atom is -0.321 e. The lowest BCUT2D eigenvalue weighted by Gasteiger charge is -2.35. The van der Waals surface area contributed by atoms with Crippen LogP contribution in [0.4, 0.5) is 18.9 Å². The summed E-state index contributed by atoms with van der Waals surface area (Å²) in [7, 11) is 0. The van der Waals surface area contributed by atoms with E-state index >= 15 is 0 Å². The third-order valence-corrected chi connectivity index (χ3v) is 7.68. The quantitative estimate of drug-likeness (QED) is 0.519. The molecular formula is C25H24F3N3O. The molecule has 7 heteroatoms. The molecule has 0 spiro atoms. The van der Waals surface area contributed by atoms with Crippen LogP contribution in [0.3, 0.4) is 0 Å². The number of alkyl halides is 3. The molecule has 1 fully saturated rings. The number of para-hydroxylation sites is 1. The van der Waals surface area contributed by atoms with E-state index in [0.29, 0.717) is 5.69 Å². The van der Waals surface area contributed by atoms with Gasteiger partial charge in [0.05, 0.1) is 16.9 Å². The third-order valence-electron chi connectivity index (χ3n) is 7.68. The van der Waals surface area contributed by atoms with E-state index in [-0.39, 0.29) is 22.4 Å². The first-order chi connectivity index (χ1) is 15.0. The van der Waals surface area contributed by atoms with E-state index in [1.54, 1.807) is 0 Å². The predicted octanol–water partition coefficient (Wildman–Crippen LogP) is 6.32. The number of nitrogens with zero attached hydrogens (tertiary/aromatic N) is 2. The van der Waals surface area contributed by atoms with Gasteiger partial charge in [-0.3, -0.25) is 4.79 Å². The van der Waals surface area contributed by atoms with Crippen LogP contribution < -0.4 is 5.32 Å². The Balaban J connectivity index is 1.61. The molecule has 1 heterocycles. The minimum absolute atomic E-state index is 0.0532. The summed E-state index contributed by atoms with van der Waals surface area (Å²) in [5.74, 6) is -0.315. The second-order valence-corrected chi connectivity index (χ2v) is 9.54. The number of benzene rings is 2. The van der Waals surface area contributed by atoms with Crippen molar-refractivity contribution >= 4 is 11.6 Å². The molecule has 1 aromatic heterocycles. The molecule has 5 rings (SSSR count). The van der Waals surface area contributed by atoms with Gasteiger partial charge in [-0.15, -0.1) is 0 Å². The van der Waals surface area contributed by atoms with Crippen molar-refractivity contribution in [1.29, 1.82) is 0 Å². The number of aromatic nitrogens is 2. The number of fused-ring (bicyclic) bond motifs is 5. The van der Waals surface area contributed by atoms with Crippen LogP contribution in [0.25, 0.3) is 5.69 Å². The van der Waals surface area contributed by atoms with Gasteiger partial charge in [0.2, 0.25) is 0 Å². The average Bonchev–Trinajstić information content (AvgIpc) is 3.30. The molecule has 2 atom stereocenters. The first-order valence-electron chi connectivity index (χ1n) is 10.7. The van der Waals surface area contributed by atoms with Crippen molar-refractivity contribution in [2.45, 2.75) is 51.1 Å². The maximum Gasteiger partial charge on any atom is 0.416 e. The number of hydrogen-bond donors (Lipinski definition) is 1. The Morgan fingerprint density at radius 3 is 2.50 bits per heavy atom. The van der Waals surface area contributed by atoms with Gasteiger partial charge in [-0.25, -0.2) is 4.68 Å². The first-order valence-corrected chi connectivity index (χ1v) is 10.7. The van der Waals surface area contributed by atoms with Gasteiger partial charge in [0.15, 0.2) is 5.69 Å². The predicted molar refractivity (Wildman–Crippen MR) is 116 cm³/mol. The highest BCUT2D eigenvalue weighted by Gasteiger charge is 2.63. The summed E-state index contributed by atoms with van der Waals surface area (Å²) in [5, 5.41) is 7.35. The average molecular weight is 439 g/mol. The van der Waals surface area contributed by atoms with Crippen molar-refractivity contribution in [3.05, 3.63) is 77.1 Å². The Hall–Kier alpha value is -3.09. The minimum atomic E-state index is -4.48. The smallest absolute Gasteiger partial charge is 0.321 e. The van der Waals surface area contributed by atoms with E-state index in [1.807, 2.05) is 35.0 Å². The number of halogens is 3. The summed E-state index contributed by atoms with van der Waals surface area (Å²) in [6, 6.07) is 14.3. The molecule has 0 radical (unpaired) electrons. The summed E-state index contributed by atoms with van der Waals surface area (Å²) in [5.41, 5.74) is 2.22. The molecule has 166 valence electrons. The van der Waals surface area contributed by atoms with Crippen LogP contribution in [0.2, 0.25) is 0 Å². The maximum absolute atomic E-state index is 13.3. The zero-order chi connectivity index (χ0) is 22.9. The lowest BCUT2D eigenvalue weighted by Crippen LogP contribution is -2.33. The summed E-state index contributed by atoms with van der Waals surface area (Å²) in [6.45, 7) is 6.69. The van der Waals surface area contributed by atoms with Crippen LogP contribution in [0.15, 0.2) is 54.6 Å². The van der Waals surface area contributed by atoms with Gasteiger partial charge in [0, 0.05) is 16.7 Å². The van der Waals surface area contributed by atoms with E-state index in [1.165, 1.54) is 12.1 Å². The molecule has 1 N–H and O–H groups in total. The lowest BCUT2D eigenvalue weighted by molar-refractivity contribution is -0.137. The summed E-state index contributed by atoms with van der Waals surface area (Å²) >= 11 is 0. The van der Waals surface area contributed by atoms with Gasteiger partial charge >= 0.3 is 6.18 Å². The molecule has 2 bridgehead atoms. The van der Waals surface area contributed by atoms with Crippen LogP contribution >= 0.6 is 0 Å². The Morgan fingerprint density at radius 2 is 1.81 bits per heavy atom. The number of nitrogens with one attached hydrogen (secondary N) is 1. The molecule has 0 saturated heterocycles. The van der Waals surface area contributed by atoms with Crippen LogP contribution in [0, 0.1) is 5.41 Å². The van der Waals surface area contributed by atoms with Crippen molar-refractivity contribution in [2.75, 3.05) is 5.32 Å². The van der Waals surface area contributed by atoms with Gasteiger partial charge in [-0.1, -0.05) is 45.0 Å². The first kappa shape index (κ1) is 20.8. The Labute approximate surface area is 184 Å². The highest BCUT2D eigenvalue weighted by Crippen LogP contribution is 2.68. The Morgan fingerprint density at radius 1 is 1.09 bits per heavy atom. The van der Waals surface area contributed by atoms with Crippen molar-refractivity contribution in [1.82, 2.24) is 9.78 Å². The number of anilines is 1. The fourth-order valence-electron chi connectivity index (χ4n) is 5.61. The van der Waals surface area contributed by atoms with Crippen molar-refractivity contribution in [3.8, 4) is 5.69 Å². The maximum atomic E-state index is 13.3. The summed E-state index contributed by atoms with van der Waals surface area (Å²) in [4.78, 5) is 13.3. The van der Waals surface area contributed by atoms with Crippen LogP contribution in [0.1, 0.15) is 66.8 Å². The normalized spacial score (nSPS) is 23.2. The Bertz CT molecular complexity index is 1210. The zero-order valence-corrected chi connectivity index (χ0v) is 18.1. The standard InChI is InChI=1S/C25H24F3N3O/c1-23(2)18-12-13-24(23,3)21-19(18)20(30-31(21)17-10-5-4-6-11-17)22(32)29-16-9-7-8-15(14-16)25(26,27)28/h4-11,14,18H,12-13H2,1-3H3,(H,29,32)/t18-,24+/m0/s1. The molecule has 0 aliphatic heterocycles. The molecule has 1 saturated carbocycles. The number of amides is 1. The van der Waals surface area contributed by atoms with Gasteiger partial charge in [0.25, 0.3) is 5.91 Å². The van der Waals surface area contributed by atoms with Crippen molar-refractivity contribution in [3.63, 3.8) is 0 Å². The fraction of sp³-hybridized carbons (Fsp3) is 0.360. The van der Waals surface area contributed by atoms with Gasteiger partial charge < -0.3 is 5.32 Å². The lowest BCUT2D eigenvalue weighted by atomic mass is 9.70. The van der Waals surface area contributed by atoms with Crippen LogP contribution in [-0.4, -0.2) is 15.7 Å². The highest BCUT2D eigenvalue weighted by atomic mass is 19.4. The molecule has 2 aromatic carbocycles. The number of carbonyl (C=O) groups is 1. The molecule has 4 nitrogen and oxygen atoms in total. The van der Waals surface area contributed by atoms with Gasteiger partial charge in [0.1, 0.15) is 0 Å². The van der Waals surface area contributed by atoms with Crippen molar-refractivity contribution in [2.24, 2.45) is 5.41 Å². The molecule has 3 aromatic rings. The van der Waals surface area contributed by atoms with Crippen molar-refractivity contribution < 1.29 is 18.0 Å². The third kappa shape index (κ3) is 2.83. The second kappa shape index (κ2) is 6.70. The SMILES string of the molecule is CC1(C)[C@H]2CC[C@]1(C)c1c2c(C(=O)Nc2cccc(C(F)(F)F)c2)nn1-c1ccccc1. The van der Waals surface area contributed by atoms with E-state index in [0.717, 1.165) is 41.9 Å². The molecule has 1 amide bonds. The molecular weight excluding hydrogens is 415 g/mol. The van der Waals surface area contributed by atoms with Gasteiger partial charge in [-0.05, 0) is 54.5 Å². The molecule has 2 aliphatic rings. The summed E-state index contributed by atoms with van der Waals surface area (Å²) in [6.07, 6.45) is -2.51. The van der Waals surface area contributed by atoms with E-state index in [4.69, 9.17) is 5.10 Å². The van der Waals surface area contributed by atoms with E-state index in [2.05, 4.69) is 26.1 Å². The summed E-state index contributed by atoms with van der Waals surface area (Å²) < 4.78 is 41.2.